The third-order valence-corrected chi connectivity index (χ3v) is 8.64. The fourth-order valence-corrected chi connectivity index (χ4v) is 6.23. The van der Waals surface area contributed by atoms with Gasteiger partial charge in [-0.2, -0.15) is 0 Å². The van der Waals surface area contributed by atoms with Gasteiger partial charge in [0, 0.05) is 36.3 Å². The molecular weight excluding hydrogens is 522 g/mol. The summed E-state index contributed by atoms with van der Waals surface area (Å²) < 4.78 is 39.2. The maximum Gasteiger partial charge on any atom is 0.310 e. The number of carbonyl (C=O) groups is 1. The highest BCUT2D eigenvalue weighted by Crippen LogP contribution is 2.50. The van der Waals surface area contributed by atoms with E-state index in [9.17, 15) is 13.6 Å². The maximum absolute atomic E-state index is 14.6. The van der Waals surface area contributed by atoms with Crippen molar-refractivity contribution in [2.75, 3.05) is 24.6 Å². The Kier molecular flexibility index (Phi) is 8.91. The highest BCUT2D eigenvalue weighted by Gasteiger charge is 2.40. The Balaban J connectivity index is 1.44. The largest absolute Gasteiger partial charge is 0.493 e. The zero-order valence-electron chi connectivity index (χ0n) is 24.3. The molecule has 0 unspecified atom stereocenters. The number of anilines is 1. The van der Waals surface area contributed by atoms with Crippen LogP contribution in [0.2, 0.25) is 0 Å². The molecule has 0 amide bonds. The number of benzene rings is 2. The molecule has 2 aromatic carbocycles. The number of aryl methyl sites for hydroxylation is 1. The zero-order chi connectivity index (χ0) is 29.0. The van der Waals surface area contributed by atoms with Gasteiger partial charge >= 0.3 is 5.97 Å². The minimum atomic E-state index is -0.701. The van der Waals surface area contributed by atoms with Crippen molar-refractivity contribution in [1.29, 1.82) is 0 Å². The Hall–Kier alpha value is -3.48. The van der Waals surface area contributed by atoms with Gasteiger partial charge in [-0.15, -0.1) is 0 Å². The predicted octanol–water partition coefficient (Wildman–Crippen LogP) is 7.55. The van der Waals surface area contributed by atoms with Crippen molar-refractivity contribution in [2.24, 2.45) is 5.41 Å². The number of esters is 1. The number of hydrogen-bond donors (Lipinski definition) is 0. The van der Waals surface area contributed by atoms with Gasteiger partial charge in [0.2, 0.25) is 0 Å². The molecule has 218 valence electrons. The number of aromatic nitrogens is 1. The molecule has 3 aromatic rings. The van der Waals surface area contributed by atoms with Crippen LogP contribution in [-0.4, -0.2) is 36.8 Å². The summed E-state index contributed by atoms with van der Waals surface area (Å²) in [5.41, 5.74) is 5.80. The lowest BCUT2D eigenvalue weighted by Crippen LogP contribution is -2.44. The van der Waals surface area contributed by atoms with Gasteiger partial charge in [0.15, 0.2) is 0 Å². The van der Waals surface area contributed by atoms with Crippen LogP contribution >= 0.6 is 0 Å². The van der Waals surface area contributed by atoms with Crippen molar-refractivity contribution in [3.05, 3.63) is 76.9 Å². The van der Waals surface area contributed by atoms with E-state index in [1.807, 2.05) is 45.0 Å². The van der Waals surface area contributed by atoms with E-state index in [-0.39, 0.29) is 24.3 Å². The summed E-state index contributed by atoms with van der Waals surface area (Å²) in [6.45, 7) is 7.04. The number of alkyl halides is 1. The summed E-state index contributed by atoms with van der Waals surface area (Å²) in [6, 6.07) is 14.1. The van der Waals surface area contributed by atoms with Crippen molar-refractivity contribution in [3.63, 3.8) is 0 Å². The molecule has 1 saturated heterocycles. The highest BCUT2D eigenvalue weighted by atomic mass is 19.1. The molecule has 1 spiro atoms. The van der Waals surface area contributed by atoms with Gasteiger partial charge in [0.05, 0.1) is 30.5 Å². The number of carbonyl (C=O) groups excluding carboxylic acids is 1. The van der Waals surface area contributed by atoms with Crippen LogP contribution in [0.1, 0.15) is 68.5 Å². The van der Waals surface area contributed by atoms with Crippen LogP contribution in [0.25, 0.3) is 11.1 Å². The highest BCUT2D eigenvalue weighted by molar-refractivity contribution is 5.87. The van der Waals surface area contributed by atoms with Crippen LogP contribution in [-0.2, 0) is 29.0 Å². The van der Waals surface area contributed by atoms with Crippen molar-refractivity contribution in [1.82, 2.24) is 4.98 Å². The first kappa shape index (κ1) is 29.0. The molecule has 41 heavy (non-hydrogen) atoms. The molecule has 0 radical (unpaired) electrons. The minimum Gasteiger partial charge on any atom is -0.493 e. The third kappa shape index (κ3) is 6.71. The second-order valence-electron chi connectivity index (χ2n) is 11.8. The van der Waals surface area contributed by atoms with Crippen molar-refractivity contribution in [3.8, 4) is 16.9 Å². The van der Waals surface area contributed by atoms with E-state index in [0.717, 1.165) is 53.9 Å². The van der Waals surface area contributed by atoms with E-state index in [2.05, 4.69) is 9.88 Å². The number of nitrogens with zero attached hydrogens (tertiary/aromatic N) is 2. The fraction of sp³-hybridized carbons (Fsp3) is 0.471. The Labute approximate surface area is 241 Å². The molecule has 7 heteroatoms. The lowest BCUT2D eigenvalue weighted by atomic mass is 9.63. The van der Waals surface area contributed by atoms with Crippen LogP contribution in [0.5, 0.6) is 5.75 Å². The molecule has 2 aliphatic rings. The number of pyridine rings is 1. The Bertz CT molecular complexity index is 1340. The van der Waals surface area contributed by atoms with Crippen LogP contribution in [0.3, 0.4) is 0 Å². The summed E-state index contributed by atoms with van der Waals surface area (Å²) in [6.07, 6.45) is 6.63. The average Bonchev–Trinajstić information content (AvgIpc) is 2.94. The summed E-state index contributed by atoms with van der Waals surface area (Å²) in [5, 5.41) is 0. The first-order valence-electron chi connectivity index (χ1n) is 14.8. The van der Waals surface area contributed by atoms with Gasteiger partial charge in [0.1, 0.15) is 18.2 Å². The first-order valence-corrected chi connectivity index (χ1v) is 14.8. The maximum atomic E-state index is 14.6. The number of ether oxygens (including phenoxy) is 2. The van der Waals surface area contributed by atoms with Crippen LogP contribution < -0.4 is 9.64 Å². The summed E-state index contributed by atoms with van der Waals surface area (Å²) >= 11 is 0. The molecule has 1 aromatic heterocycles. The average molecular weight is 563 g/mol. The minimum absolute atomic E-state index is 0.0954. The standard InChI is InChI=1S/C34H40F2N2O3/c1-23(2)41-31(39)21-29-24(3)37-30(22-35)32(33(29)38-18-16-34(17-19-38)14-4-15-34)26-7-11-28(12-8-26)40-20-13-25-5-9-27(36)10-6-25/h5-12,23H,4,13-22H2,1-3H3. The SMILES string of the molecule is Cc1nc(CF)c(-c2ccc(OCCc3ccc(F)cc3)cc2)c(N2CCC3(CCC3)CC2)c1CC(=O)OC(C)C. The number of halogens is 2. The number of rotatable bonds is 10. The molecule has 0 bridgehead atoms. The summed E-state index contributed by atoms with van der Waals surface area (Å²) in [7, 11) is 0. The van der Waals surface area contributed by atoms with E-state index in [4.69, 9.17) is 9.47 Å². The summed E-state index contributed by atoms with van der Waals surface area (Å²) in [5.74, 6) is 0.141. The smallest absolute Gasteiger partial charge is 0.310 e. The Morgan fingerprint density at radius 1 is 1.02 bits per heavy atom. The molecule has 0 N–H and O–H groups in total. The van der Waals surface area contributed by atoms with Gasteiger partial charge in [-0.3, -0.25) is 9.78 Å². The molecule has 1 aliphatic heterocycles. The van der Waals surface area contributed by atoms with Crippen molar-refractivity contribution >= 4 is 11.7 Å². The second-order valence-corrected chi connectivity index (χ2v) is 11.8. The molecule has 0 atom stereocenters. The Morgan fingerprint density at radius 3 is 2.29 bits per heavy atom. The van der Waals surface area contributed by atoms with Gasteiger partial charge in [-0.1, -0.05) is 30.7 Å². The van der Waals surface area contributed by atoms with Crippen LogP contribution in [0.4, 0.5) is 14.5 Å². The van der Waals surface area contributed by atoms with Gasteiger partial charge in [-0.25, -0.2) is 8.78 Å². The molecule has 5 rings (SSSR count). The lowest BCUT2D eigenvalue weighted by Gasteiger charge is -2.49. The second kappa shape index (κ2) is 12.6. The van der Waals surface area contributed by atoms with E-state index in [1.165, 1.54) is 31.4 Å². The Morgan fingerprint density at radius 2 is 1.71 bits per heavy atom. The molecule has 5 nitrogen and oxygen atoms in total. The van der Waals surface area contributed by atoms with E-state index in [1.54, 1.807) is 12.1 Å². The summed E-state index contributed by atoms with van der Waals surface area (Å²) in [4.78, 5) is 19.9. The van der Waals surface area contributed by atoms with Gasteiger partial charge in [0.25, 0.3) is 0 Å². The van der Waals surface area contributed by atoms with Gasteiger partial charge < -0.3 is 14.4 Å². The van der Waals surface area contributed by atoms with Crippen LogP contribution in [0.15, 0.2) is 48.5 Å². The van der Waals surface area contributed by atoms with E-state index in [0.29, 0.717) is 35.6 Å². The first-order chi connectivity index (χ1) is 19.8. The van der Waals surface area contributed by atoms with Crippen molar-refractivity contribution in [2.45, 2.75) is 78.5 Å². The molecule has 2 heterocycles. The van der Waals surface area contributed by atoms with Crippen LogP contribution in [0, 0.1) is 18.2 Å². The quantitative estimate of drug-likeness (QED) is 0.239. The molecular formula is C34H40F2N2O3. The van der Waals surface area contributed by atoms with Gasteiger partial charge in [-0.05, 0) is 87.3 Å². The fourth-order valence-electron chi connectivity index (χ4n) is 6.23. The topological polar surface area (TPSA) is 51.7 Å². The van der Waals surface area contributed by atoms with Crippen molar-refractivity contribution < 1.29 is 23.0 Å². The molecule has 2 fully saturated rings. The predicted molar refractivity (Wildman–Crippen MR) is 157 cm³/mol. The third-order valence-electron chi connectivity index (χ3n) is 8.64. The number of piperidine rings is 1. The zero-order valence-corrected chi connectivity index (χ0v) is 24.3. The molecule has 1 saturated carbocycles. The molecule has 1 aliphatic carbocycles. The monoisotopic (exact) mass is 562 g/mol. The normalized spacial score (nSPS) is 16.1. The number of hydrogen-bond acceptors (Lipinski definition) is 5. The van der Waals surface area contributed by atoms with E-state index < -0.39 is 6.67 Å². The lowest BCUT2D eigenvalue weighted by molar-refractivity contribution is -0.146. The van der Waals surface area contributed by atoms with E-state index >= 15 is 0 Å².